The molecule has 0 aromatic carbocycles. The van der Waals surface area contributed by atoms with Gasteiger partial charge in [0.05, 0.1) is 13.2 Å². The topological polar surface area (TPSA) is 29.5 Å². The highest BCUT2D eigenvalue weighted by atomic mass is 16.5. The van der Waals surface area contributed by atoms with Crippen LogP contribution in [-0.4, -0.2) is 37.1 Å². The molecule has 0 N–H and O–H groups in total. The van der Waals surface area contributed by atoms with Crippen LogP contribution in [0.4, 0.5) is 0 Å². The number of carbonyl (C=O) groups excluding carboxylic acids is 1. The summed E-state index contributed by atoms with van der Waals surface area (Å²) in [6, 6.07) is 0. The lowest BCUT2D eigenvalue weighted by Crippen LogP contribution is -2.40. The van der Waals surface area contributed by atoms with Crippen LogP contribution in [-0.2, 0) is 9.53 Å². The summed E-state index contributed by atoms with van der Waals surface area (Å²) in [7, 11) is 0. The number of amides is 1. The van der Waals surface area contributed by atoms with E-state index in [1.54, 1.807) is 0 Å². The van der Waals surface area contributed by atoms with Crippen LogP contribution in [0.2, 0.25) is 0 Å². The van der Waals surface area contributed by atoms with Gasteiger partial charge in [0.15, 0.2) is 0 Å². The van der Waals surface area contributed by atoms with Crippen molar-refractivity contribution in [3.05, 3.63) is 12.7 Å². The molecule has 0 aromatic heterocycles. The van der Waals surface area contributed by atoms with Crippen molar-refractivity contribution in [2.75, 3.05) is 26.3 Å². The third-order valence-electron chi connectivity index (χ3n) is 2.91. The summed E-state index contributed by atoms with van der Waals surface area (Å²) in [5.41, 5.74) is 0. The van der Waals surface area contributed by atoms with Crippen molar-refractivity contribution in [1.82, 2.24) is 4.90 Å². The molecule has 1 heterocycles. The Bertz CT molecular complexity index is 210. The number of nitrogens with zero attached hydrogens (tertiary/aromatic N) is 1. The lowest BCUT2D eigenvalue weighted by Gasteiger charge is -2.26. The van der Waals surface area contributed by atoms with Gasteiger partial charge in [0.2, 0.25) is 5.91 Å². The van der Waals surface area contributed by atoms with Gasteiger partial charge in [0.25, 0.3) is 0 Å². The Balaban J connectivity index is 1.99. The van der Waals surface area contributed by atoms with Crippen molar-refractivity contribution >= 4 is 5.91 Å². The van der Waals surface area contributed by atoms with Crippen LogP contribution in [0.1, 0.15) is 38.5 Å². The second-order valence-corrected chi connectivity index (χ2v) is 4.23. The normalized spacial score (nSPS) is 16.1. The summed E-state index contributed by atoms with van der Waals surface area (Å²) in [5.74, 6) is 0.298. The molecule has 0 atom stereocenters. The number of carbonyl (C=O) groups is 1. The smallest absolute Gasteiger partial charge is 0.222 e. The quantitative estimate of drug-likeness (QED) is 0.492. The summed E-state index contributed by atoms with van der Waals surface area (Å²) in [6.45, 7) is 6.64. The number of hydrogen-bond acceptors (Lipinski definition) is 2. The first kappa shape index (κ1) is 13.2. The maximum absolute atomic E-state index is 11.7. The zero-order valence-electron chi connectivity index (χ0n) is 10.1. The second kappa shape index (κ2) is 8.34. The van der Waals surface area contributed by atoms with Crippen molar-refractivity contribution in [2.24, 2.45) is 0 Å². The minimum absolute atomic E-state index is 0.298. The molecule has 0 radical (unpaired) electrons. The Morgan fingerprint density at radius 1 is 1.19 bits per heavy atom. The summed E-state index contributed by atoms with van der Waals surface area (Å²) < 4.78 is 5.22. The lowest BCUT2D eigenvalue weighted by molar-refractivity contribution is -0.135. The van der Waals surface area contributed by atoms with Gasteiger partial charge in [-0.2, -0.15) is 0 Å². The van der Waals surface area contributed by atoms with Gasteiger partial charge in [-0.25, -0.2) is 0 Å². The van der Waals surface area contributed by atoms with Gasteiger partial charge in [0.1, 0.15) is 0 Å². The fourth-order valence-electron chi connectivity index (χ4n) is 1.89. The Hall–Kier alpha value is -0.830. The first-order valence-electron chi connectivity index (χ1n) is 6.31. The largest absolute Gasteiger partial charge is 0.378 e. The third-order valence-corrected chi connectivity index (χ3v) is 2.91. The van der Waals surface area contributed by atoms with Crippen molar-refractivity contribution in [3.63, 3.8) is 0 Å². The van der Waals surface area contributed by atoms with E-state index in [1.807, 2.05) is 11.0 Å². The number of unbranched alkanes of at least 4 members (excludes halogenated alkanes) is 4. The fraction of sp³-hybridized carbons (Fsp3) is 0.769. The minimum Gasteiger partial charge on any atom is -0.378 e. The molecule has 1 aliphatic rings. The number of hydrogen-bond donors (Lipinski definition) is 0. The average Bonchev–Trinajstić information content (AvgIpc) is 2.34. The molecule has 92 valence electrons. The van der Waals surface area contributed by atoms with E-state index in [1.165, 1.54) is 12.8 Å². The van der Waals surface area contributed by atoms with Crippen LogP contribution in [0.3, 0.4) is 0 Å². The number of allylic oxidation sites excluding steroid dienone is 1. The summed E-state index contributed by atoms with van der Waals surface area (Å²) in [5, 5.41) is 0. The molecule has 0 unspecified atom stereocenters. The van der Waals surface area contributed by atoms with E-state index < -0.39 is 0 Å². The molecule has 0 spiro atoms. The van der Waals surface area contributed by atoms with E-state index in [0.29, 0.717) is 25.5 Å². The van der Waals surface area contributed by atoms with Crippen LogP contribution in [0.15, 0.2) is 12.7 Å². The van der Waals surface area contributed by atoms with E-state index in [4.69, 9.17) is 4.74 Å². The fourth-order valence-corrected chi connectivity index (χ4v) is 1.89. The van der Waals surface area contributed by atoms with Crippen molar-refractivity contribution in [3.8, 4) is 0 Å². The van der Waals surface area contributed by atoms with Crippen LogP contribution >= 0.6 is 0 Å². The van der Waals surface area contributed by atoms with Crippen LogP contribution in [0, 0.1) is 0 Å². The molecular formula is C13H23NO2. The highest BCUT2D eigenvalue weighted by Crippen LogP contribution is 2.08. The monoisotopic (exact) mass is 225 g/mol. The van der Waals surface area contributed by atoms with Crippen molar-refractivity contribution < 1.29 is 9.53 Å². The predicted molar refractivity (Wildman–Crippen MR) is 65.3 cm³/mol. The molecule has 3 heteroatoms. The third kappa shape index (κ3) is 5.31. The Morgan fingerprint density at radius 2 is 1.88 bits per heavy atom. The van der Waals surface area contributed by atoms with Gasteiger partial charge in [-0.3, -0.25) is 4.79 Å². The van der Waals surface area contributed by atoms with E-state index in [2.05, 4.69) is 6.58 Å². The first-order chi connectivity index (χ1) is 7.84. The molecule has 0 saturated carbocycles. The molecule has 1 fully saturated rings. The van der Waals surface area contributed by atoms with Crippen LogP contribution in [0.25, 0.3) is 0 Å². The zero-order chi connectivity index (χ0) is 11.6. The Labute approximate surface area is 98.5 Å². The number of rotatable bonds is 7. The van der Waals surface area contributed by atoms with Crippen molar-refractivity contribution in [2.45, 2.75) is 38.5 Å². The Morgan fingerprint density at radius 3 is 2.56 bits per heavy atom. The van der Waals surface area contributed by atoms with Gasteiger partial charge in [0, 0.05) is 19.5 Å². The molecule has 0 aromatic rings. The number of ether oxygens (including phenoxy) is 1. The standard InChI is InChI=1S/C13H23NO2/c1-2-3-4-5-6-7-8-13(15)14-9-11-16-12-10-14/h2H,1,3-12H2. The van der Waals surface area contributed by atoms with Crippen LogP contribution in [0.5, 0.6) is 0 Å². The lowest BCUT2D eigenvalue weighted by atomic mass is 10.1. The van der Waals surface area contributed by atoms with Crippen molar-refractivity contribution in [1.29, 1.82) is 0 Å². The van der Waals surface area contributed by atoms with Gasteiger partial charge in [-0.1, -0.05) is 18.9 Å². The maximum atomic E-state index is 11.7. The van der Waals surface area contributed by atoms with E-state index in [-0.39, 0.29) is 0 Å². The molecule has 1 saturated heterocycles. The molecule has 1 aliphatic heterocycles. The average molecular weight is 225 g/mol. The molecule has 3 nitrogen and oxygen atoms in total. The second-order valence-electron chi connectivity index (χ2n) is 4.23. The first-order valence-corrected chi connectivity index (χ1v) is 6.31. The predicted octanol–water partition coefficient (Wildman–Crippen LogP) is 2.37. The molecule has 0 aliphatic carbocycles. The van der Waals surface area contributed by atoms with Gasteiger partial charge in [-0.15, -0.1) is 6.58 Å². The van der Waals surface area contributed by atoms with Gasteiger partial charge < -0.3 is 9.64 Å². The molecule has 16 heavy (non-hydrogen) atoms. The summed E-state index contributed by atoms with van der Waals surface area (Å²) in [4.78, 5) is 13.7. The highest BCUT2D eigenvalue weighted by molar-refractivity contribution is 5.76. The van der Waals surface area contributed by atoms with Gasteiger partial charge in [-0.05, 0) is 19.3 Å². The summed E-state index contributed by atoms with van der Waals surface area (Å²) in [6.07, 6.45) is 8.35. The minimum atomic E-state index is 0.298. The van der Waals surface area contributed by atoms with E-state index in [9.17, 15) is 4.79 Å². The van der Waals surface area contributed by atoms with Crippen LogP contribution < -0.4 is 0 Å². The van der Waals surface area contributed by atoms with E-state index >= 15 is 0 Å². The maximum Gasteiger partial charge on any atom is 0.222 e. The molecule has 1 amide bonds. The van der Waals surface area contributed by atoms with Gasteiger partial charge >= 0.3 is 0 Å². The molecule has 1 rings (SSSR count). The Kier molecular flexibility index (Phi) is 6.90. The van der Waals surface area contributed by atoms with E-state index in [0.717, 1.165) is 32.4 Å². The highest BCUT2D eigenvalue weighted by Gasteiger charge is 2.15. The molecular weight excluding hydrogens is 202 g/mol. The SMILES string of the molecule is C=CCCCCCCC(=O)N1CCOCC1. The molecule has 0 bridgehead atoms. The summed E-state index contributed by atoms with van der Waals surface area (Å²) >= 11 is 0. The number of morpholine rings is 1. The zero-order valence-corrected chi connectivity index (χ0v) is 10.1.